The number of allylic oxidation sites excluding steroid dienone is 24. The first-order valence-corrected chi connectivity index (χ1v) is 38.0. The van der Waals surface area contributed by atoms with Crippen molar-refractivity contribution in [3.63, 3.8) is 0 Å². The summed E-state index contributed by atoms with van der Waals surface area (Å²) in [7, 11) is 5.91. The molecule has 9 heteroatoms. The van der Waals surface area contributed by atoms with E-state index in [2.05, 4.69) is 160 Å². The van der Waals surface area contributed by atoms with Crippen LogP contribution in [0.3, 0.4) is 0 Å². The molecule has 0 spiro atoms. The molecule has 0 saturated carbocycles. The zero-order valence-electron chi connectivity index (χ0n) is 60.6. The molecule has 0 amide bonds. The van der Waals surface area contributed by atoms with Crippen LogP contribution < -0.4 is 5.11 Å². The van der Waals surface area contributed by atoms with Crippen molar-refractivity contribution < 1.29 is 42.9 Å². The number of carboxylic acids is 1. The lowest BCUT2D eigenvalue weighted by atomic mass is 10.0. The Labute approximate surface area is 572 Å². The van der Waals surface area contributed by atoms with Crippen LogP contribution in [0.2, 0.25) is 0 Å². The molecule has 2 unspecified atom stereocenters. The molecule has 0 saturated heterocycles. The molecule has 0 heterocycles. The summed E-state index contributed by atoms with van der Waals surface area (Å²) < 4.78 is 22.7. The number of carboxylic acid groups (broad SMARTS) is 1. The van der Waals surface area contributed by atoms with Gasteiger partial charge in [-0.3, -0.25) is 9.59 Å². The maximum absolute atomic E-state index is 12.9. The van der Waals surface area contributed by atoms with Crippen LogP contribution in [0.25, 0.3) is 0 Å². The van der Waals surface area contributed by atoms with Crippen molar-refractivity contribution in [1.29, 1.82) is 0 Å². The monoisotopic (exact) mass is 1290 g/mol. The second-order valence-corrected chi connectivity index (χ2v) is 26.2. The van der Waals surface area contributed by atoms with Crippen LogP contribution >= 0.6 is 0 Å². The number of esters is 2. The van der Waals surface area contributed by atoms with Gasteiger partial charge in [0.1, 0.15) is 13.2 Å². The largest absolute Gasteiger partial charge is 0.545 e. The molecule has 0 aliphatic rings. The first kappa shape index (κ1) is 88.2. The van der Waals surface area contributed by atoms with Gasteiger partial charge in [0.25, 0.3) is 0 Å². The van der Waals surface area contributed by atoms with Gasteiger partial charge in [-0.05, 0) is 116 Å². The molecule has 0 aromatic heterocycles. The molecule has 0 aromatic rings. The van der Waals surface area contributed by atoms with Crippen molar-refractivity contribution in [2.45, 2.75) is 322 Å². The Hall–Kier alpha value is -4.83. The molecular weight excluding hydrogens is 1150 g/mol. The topological polar surface area (TPSA) is 111 Å². The van der Waals surface area contributed by atoms with E-state index >= 15 is 0 Å². The molecule has 0 rings (SSSR count). The van der Waals surface area contributed by atoms with Crippen LogP contribution in [0.1, 0.15) is 309 Å². The van der Waals surface area contributed by atoms with E-state index in [1.54, 1.807) is 0 Å². The van der Waals surface area contributed by atoms with Crippen LogP contribution in [0.5, 0.6) is 0 Å². The van der Waals surface area contributed by atoms with E-state index in [4.69, 9.17) is 18.9 Å². The van der Waals surface area contributed by atoms with E-state index in [0.717, 1.165) is 89.9 Å². The van der Waals surface area contributed by atoms with Crippen LogP contribution in [0.4, 0.5) is 0 Å². The minimum Gasteiger partial charge on any atom is -0.545 e. The molecule has 0 aromatic carbocycles. The van der Waals surface area contributed by atoms with E-state index in [9.17, 15) is 19.5 Å². The number of rotatable bonds is 69. The second-order valence-electron chi connectivity index (χ2n) is 26.2. The lowest BCUT2D eigenvalue weighted by Gasteiger charge is -2.26. The fraction of sp³-hybridized carbons (Fsp3) is 0.679. The highest BCUT2D eigenvalue weighted by molar-refractivity contribution is 5.70. The smallest absolute Gasteiger partial charge is 0.306 e. The highest BCUT2D eigenvalue weighted by Gasteiger charge is 2.22. The summed E-state index contributed by atoms with van der Waals surface area (Å²) in [6, 6.07) is 0. The summed E-state index contributed by atoms with van der Waals surface area (Å²) in [5, 5.41) is 11.8. The van der Waals surface area contributed by atoms with E-state index in [1.807, 2.05) is 21.1 Å². The van der Waals surface area contributed by atoms with Crippen LogP contribution in [-0.2, 0) is 33.3 Å². The van der Waals surface area contributed by atoms with Crippen molar-refractivity contribution in [2.75, 3.05) is 47.5 Å². The van der Waals surface area contributed by atoms with Crippen molar-refractivity contribution in [2.24, 2.45) is 0 Å². The summed E-state index contributed by atoms with van der Waals surface area (Å²) in [5.74, 6) is -2.37. The number of hydrogen-bond acceptors (Lipinski definition) is 8. The van der Waals surface area contributed by atoms with E-state index in [-0.39, 0.29) is 38.6 Å². The number of carbonyl (C=O) groups excluding carboxylic acids is 3. The Kier molecular flexibility index (Phi) is 69.2. The predicted octanol–water partition coefficient (Wildman–Crippen LogP) is 22.9. The van der Waals surface area contributed by atoms with Gasteiger partial charge in [0.15, 0.2) is 12.4 Å². The van der Waals surface area contributed by atoms with Gasteiger partial charge in [-0.15, -0.1) is 0 Å². The molecule has 0 N–H and O–H groups in total. The zero-order chi connectivity index (χ0) is 67.5. The Morgan fingerprint density at radius 2 is 0.624 bits per heavy atom. The highest BCUT2D eigenvalue weighted by Crippen LogP contribution is 2.17. The Morgan fingerprint density at radius 1 is 0.333 bits per heavy atom. The molecular formula is C84H141NO8. The second kappa shape index (κ2) is 73.0. The van der Waals surface area contributed by atoms with Crippen molar-refractivity contribution in [3.05, 3.63) is 146 Å². The number of aliphatic carboxylic acids is 1. The van der Waals surface area contributed by atoms with Crippen molar-refractivity contribution in [1.82, 2.24) is 0 Å². The van der Waals surface area contributed by atoms with Gasteiger partial charge in [-0.1, -0.05) is 327 Å². The minimum absolute atomic E-state index is 0.130. The average molecular weight is 1290 g/mol. The summed E-state index contributed by atoms with van der Waals surface area (Å²) in [6.07, 6.45) is 104. The number of hydrogen-bond donors (Lipinski definition) is 0. The van der Waals surface area contributed by atoms with E-state index < -0.39 is 24.3 Å². The molecule has 0 aliphatic carbocycles. The number of carbonyl (C=O) groups is 3. The third kappa shape index (κ3) is 74.4. The average Bonchev–Trinajstić information content (AvgIpc) is 3.74. The molecule has 0 fully saturated rings. The molecule has 93 heavy (non-hydrogen) atoms. The van der Waals surface area contributed by atoms with Gasteiger partial charge < -0.3 is 33.3 Å². The summed E-state index contributed by atoms with van der Waals surface area (Å²) in [6.45, 7) is 4.57. The summed E-state index contributed by atoms with van der Waals surface area (Å²) in [4.78, 5) is 37.5. The first-order chi connectivity index (χ1) is 45.6. The number of quaternary nitrogens is 1. The SMILES string of the molecule is CC/C=C\C/C=C\C/C=C\C/C=C\C/C=C\C/C=C\C/C=C\C/C=C\C/C=C\CCCC(=O)OC(COC(=O)CCCCCCCCCCCCCCCCCCCCCCCCCC/C=C\C/C=C\C/C=C\CCCCCCC)COC(OCC[N+](C)(C)C)C(=O)[O-]. The van der Waals surface area contributed by atoms with Crippen LogP contribution in [-0.4, -0.2) is 82.3 Å². The summed E-state index contributed by atoms with van der Waals surface area (Å²) >= 11 is 0. The molecule has 2 atom stereocenters. The van der Waals surface area contributed by atoms with Gasteiger partial charge in [-0.25, -0.2) is 0 Å². The van der Waals surface area contributed by atoms with E-state index in [1.165, 1.54) is 180 Å². The zero-order valence-corrected chi connectivity index (χ0v) is 60.6. The van der Waals surface area contributed by atoms with Crippen molar-refractivity contribution >= 4 is 17.9 Å². The minimum atomic E-state index is -1.65. The van der Waals surface area contributed by atoms with Gasteiger partial charge in [0.2, 0.25) is 0 Å². The van der Waals surface area contributed by atoms with Gasteiger partial charge >= 0.3 is 11.9 Å². The standard InChI is InChI=1S/C84H141NO8/c1-6-8-10-12-14-16-18-20-22-24-26-28-30-32-34-36-37-38-39-40-41-42-43-44-45-47-48-50-52-54-56-58-60-62-64-66-68-70-72-74-81(86)91-78-80(79-92-84(83(88)89)90-77-76-85(3,4)5)93-82(87)75-73-71-69-67-65-63-61-59-57-55-53-51-49-46-35-33-31-29-27-25-23-21-19-17-15-13-11-9-7-2/h9,11,15,17-18,20-21,23-24,26-27,29-30,32-33,35,49,51,55,57,61,63,67,69,80,84H,6-8,10,12-14,16,19,22,25,28,31,34,36-48,50,52-54,56,58-60,62,64-66,68,70-79H2,1-5H3/b11-9-,17-15-,20-18-,23-21-,26-24-,29-27-,32-30-,35-33-,51-49-,57-55-,63-61-,69-67-. The number of nitrogens with zero attached hydrogens (tertiary/aromatic N) is 1. The van der Waals surface area contributed by atoms with E-state index in [0.29, 0.717) is 23.9 Å². The molecule has 0 bridgehead atoms. The van der Waals surface area contributed by atoms with Gasteiger partial charge in [0, 0.05) is 12.8 Å². The third-order valence-electron chi connectivity index (χ3n) is 16.1. The van der Waals surface area contributed by atoms with Crippen LogP contribution in [0, 0.1) is 0 Å². The van der Waals surface area contributed by atoms with Gasteiger partial charge in [-0.2, -0.15) is 0 Å². The lowest BCUT2D eigenvalue weighted by molar-refractivity contribution is -0.870. The van der Waals surface area contributed by atoms with Gasteiger partial charge in [0.05, 0.1) is 40.3 Å². The molecule has 0 radical (unpaired) electrons. The Balaban J connectivity index is 4.12. The quantitative estimate of drug-likeness (QED) is 0.0195. The Bertz CT molecular complexity index is 2040. The molecule has 0 aliphatic heterocycles. The predicted molar refractivity (Wildman–Crippen MR) is 398 cm³/mol. The van der Waals surface area contributed by atoms with Crippen molar-refractivity contribution in [3.8, 4) is 0 Å². The lowest BCUT2D eigenvalue weighted by Crippen LogP contribution is -2.44. The molecule has 9 nitrogen and oxygen atoms in total. The van der Waals surface area contributed by atoms with Crippen LogP contribution in [0.15, 0.2) is 146 Å². The Morgan fingerprint density at radius 3 is 0.946 bits per heavy atom. The number of ether oxygens (including phenoxy) is 4. The molecule has 530 valence electrons. The number of likely N-dealkylation sites (N-methyl/N-ethyl adjacent to an activating group) is 1. The fourth-order valence-electron chi connectivity index (χ4n) is 10.3. The summed E-state index contributed by atoms with van der Waals surface area (Å²) in [5.41, 5.74) is 0. The normalized spacial score (nSPS) is 13.5. The number of unbranched alkanes of at least 4 members (excludes halogenated alkanes) is 30. The highest BCUT2D eigenvalue weighted by atomic mass is 16.7. The fourth-order valence-corrected chi connectivity index (χ4v) is 10.3. The third-order valence-corrected chi connectivity index (χ3v) is 16.1. The maximum atomic E-state index is 12.9. The maximum Gasteiger partial charge on any atom is 0.306 e. The first-order valence-electron chi connectivity index (χ1n) is 38.0.